The van der Waals surface area contributed by atoms with E-state index < -0.39 is 0 Å². The van der Waals surface area contributed by atoms with E-state index in [2.05, 4.69) is 37.5 Å². The topological polar surface area (TPSA) is 88.5 Å². The van der Waals surface area contributed by atoms with Gasteiger partial charge in [0.05, 0.1) is 18.0 Å². The zero-order valence-electron chi connectivity index (χ0n) is 22.1. The van der Waals surface area contributed by atoms with Gasteiger partial charge in [0.2, 0.25) is 5.91 Å². The second kappa shape index (κ2) is 11.9. The molecule has 2 aromatic carbocycles. The van der Waals surface area contributed by atoms with Crippen molar-refractivity contribution in [3.05, 3.63) is 77.0 Å². The van der Waals surface area contributed by atoms with Gasteiger partial charge in [-0.05, 0) is 31.0 Å². The zero-order valence-corrected chi connectivity index (χ0v) is 22.1. The third-order valence-electron chi connectivity index (χ3n) is 5.80. The Morgan fingerprint density at radius 1 is 1.06 bits per heavy atom. The van der Waals surface area contributed by atoms with Gasteiger partial charge >= 0.3 is 6.03 Å². The largest absolute Gasteiger partial charge is 0.383 e. The van der Waals surface area contributed by atoms with Gasteiger partial charge in [-0.25, -0.2) is 9.48 Å². The van der Waals surface area contributed by atoms with Gasteiger partial charge in [0.15, 0.2) is 0 Å². The minimum absolute atomic E-state index is 0.118. The molecular formula is C28H37N5O3. The van der Waals surface area contributed by atoms with E-state index in [0.29, 0.717) is 19.0 Å². The van der Waals surface area contributed by atoms with Crippen LogP contribution in [0.1, 0.15) is 43.2 Å². The van der Waals surface area contributed by atoms with Crippen LogP contribution in [-0.2, 0) is 21.5 Å². The minimum atomic E-state index is -0.329. The van der Waals surface area contributed by atoms with Gasteiger partial charge in [-0.1, -0.05) is 68.8 Å². The molecule has 8 heteroatoms. The highest BCUT2D eigenvalue weighted by Crippen LogP contribution is 2.27. The van der Waals surface area contributed by atoms with Crippen molar-refractivity contribution < 1.29 is 14.3 Å². The molecule has 36 heavy (non-hydrogen) atoms. The first-order valence-corrected chi connectivity index (χ1v) is 12.1. The number of anilines is 1. The molecule has 3 rings (SSSR count). The van der Waals surface area contributed by atoms with E-state index in [9.17, 15) is 9.59 Å². The van der Waals surface area contributed by atoms with Gasteiger partial charge in [-0.15, -0.1) is 0 Å². The van der Waals surface area contributed by atoms with Gasteiger partial charge in [0.1, 0.15) is 12.4 Å². The maximum atomic E-state index is 13.1. The third-order valence-corrected chi connectivity index (χ3v) is 5.80. The molecule has 0 aliphatic heterocycles. The maximum Gasteiger partial charge on any atom is 0.318 e. The standard InChI is InChI=1S/C28H37N5O3/c1-20-12-13-23(21(2)16-20)33-25(17-24(31-33)28(3,4)5)30-26(34)19-32(14-15-36-6)27(35)29-18-22-10-8-7-9-11-22/h7-13,16-17H,14-15,18-19H2,1-6H3,(H,29,35)(H,30,34). The van der Waals surface area contributed by atoms with Crippen LogP contribution in [-0.4, -0.2) is 53.4 Å². The molecule has 1 aromatic heterocycles. The number of benzene rings is 2. The molecule has 3 aromatic rings. The molecular weight excluding hydrogens is 454 g/mol. The van der Waals surface area contributed by atoms with Crippen molar-refractivity contribution in [2.24, 2.45) is 0 Å². The molecule has 192 valence electrons. The highest BCUT2D eigenvalue weighted by atomic mass is 16.5. The SMILES string of the molecule is COCCN(CC(=O)Nc1cc(C(C)(C)C)nn1-c1ccc(C)cc1C)C(=O)NCc1ccccc1. The van der Waals surface area contributed by atoms with Crippen LogP contribution in [0.4, 0.5) is 10.6 Å². The van der Waals surface area contributed by atoms with E-state index in [1.807, 2.05) is 62.4 Å². The number of ether oxygens (including phenoxy) is 1. The summed E-state index contributed by atoms with van der Waals surface area (Å²) in [5, 5.41) is 10.7. The molecule has 2 N–H and O–H groups in total. The lowest BCUT2D eigenvalue weighted by Gasteiger charge is -2.22. The maximum absolute atomic E-state index is 13.1. The molecule has 0 unspecified atom stereocenters. The van der Waals surface area contributed by atoms with E-state index in [4.69, 9.17) is 9.84 Å². The average Bonchev–Trinajstić information content (AvgIpc) is 3.24. The summed E-state index contributed by atoms with van der Waals surface area (Å²) in [4.78, 5) is 27.5. The monoisotopic (exact) mass is 491 g/mol. The van der Waals surface area contributed by atoms with Crippen molar-refractivity contribution >= 4 is 17.8 Å². The van der Waals surface area contributed by atoms with Crippen molar-refractivity contribution in [2.75, 3.05) is 32.1 Å². The van der Waals surface area contributed by atoms with E-state index >= 15 is 0 Å². The number of amides is 3. The fraction of sp³-hybridized carbons (Fsp3) is 0.393. The Labute approximate surface area is 213 Å². The number of hydrogen-bond donors (Lipinski definition) is 2. The van der Waals surface area contributed by atoms with Crippen molar-refractivity contribution in [3.8, 4) is 5.69 Å². The van der Waals surface area contributed by atoms with Gasteiger partial charge < -0.3 is 20.3 Å². The van der Waals surface area contributed by atoms with Crippen molar-refractivity contribution in [3.63, 3.8) is 0 Å². The smallest absolute Gasteiger partial charge is 0.318 e. The molecule has 0 saturated heterocycles. The van der Waals surface area contributed by atoms with Gasteiger partial charge in [0.25, 0.3) is 0 Å². The molecule has 0 spiro atoms. The van der Waals surface area contributed by atoms with Crippen LogP contribution in [0.2, 0.25) is 0 Å². The van der Waals surface area contributed by atoms with Crippen molar-refractivity contribution in [1.29, 1.82) is 0 Å². The van der Waals surface area contributed by atoms with E-state index in [-0.39, 0.29) is 30.4 Å². The van der Waals surface area contributed by atoms with Crippen LogP contribution in [0, 0.1) is 13.8 Å². The number of urea groups is 1. The first-order chi connectivity index (χ1) is 17.1. The van der Waals surface area contributed by atoms with Gasteiger partial charge in [0, 0.05) is 31.7 Å². The fourth-order valence-electron chi connectivity index (χ4n) is 3.76. The Balaban J connectivity index is 1.79. The number of rotatable bonds is 9. The Bertz CT molecular complexity index is 1180. The number of hydrogen-bond acceptors (Lipinski definition) is 4. The number of carbonyl (C=O) groups excluding carboxylic acids is 2. The molecule has 0 fully saturated rings. The first kappa shape index (κ1) is 26.9. The Morgan fingerprint density at radius 2 is 1.78 bits per heavy atom. The molecule has 0 aliphatic rings. The Hall–Kier alpha value is -3.65. The molecule has 1 heterocycles. The quantitative estimate of drug-likeness (QED) is 0.459. The lowest BCUT2D eigenvalue weighted by Crippen LogP contribution is -2.45. The second-order valence-electron chi connectivity index (χ2n) is 9.97. The Morgan fingerprint density at radius 3 is 2.42 bits per heavy atom. The first-order valence-electron chi connectivity index (χ1n) is 12.1. The minimum Gasteiger partial charge on any atom is -0.383 e. The normalized spacial score (nSPS) is 11.3. The van der Waals surface area contributed by atoms with Crippen LogP contribution in [0.3, 0.4) is 0 Å². The summed E-state index contributed by atoms with van der Waals surface area (Å²) in [6, 6.07) is 17.3. The summed E-state index contributed by atoms with van der Waals surface area (Å²) in [6.07, 6.45) is 0. The van der Waals surface area contributed by atoms with Crippen LogP contribution in [0.25, 0.3) is 5.69 Å². The lowest BCUT2D eigenvalue weighted by molar-refractivity contribution is -0.116. The predicted molar refractivity (Wildman–Crippen MR) is 142 cm³/mol. The number of aromatic nitrogens is 2. The predicted octanol–water partition coefficient (Wildman–Crippen LogP) is 4.58. The number of carbonyl (C=O) groups is 2. The summed E-state index contributed by atoms with van der Waals surface area (Å²) in [6.45, 7) is 11.2. The number of nitrogens with one attached hydrogen (secondary N) is 2. The average molecular weight is 492 g/mol. The molecule has 0 atom stereocenters. The molecule has 0 radical (unpaired) electrons. The second-order valence-corrected chi connectivity index (χ2v) is 9.97. The van der Waals surface area contributed by atoms with E-state index in [1.54, 1.807) is 11.8 Å². The van der Waals surface area contributed by atoms with Crippen LogP contribution >= 0.6 is 0 Å². The zero-order chi connectivity index (χ0) is 26.3. The van der Waals surface area contributed by atoms with Crippen LogP contribution in [0.15, 0.2) is 54.6 Å². The molecule has 8 nitrogen and oxygen atoms in total. The highest BCUT2D eigenvalue weighted by Gasteiger charge is 2.23. The lowest BCUT2D eigenvalue weighted by atomic mass is 9.92. The molecule has 0 bridgehead atoms. The van der Waals surface area contributed by atoms with E-state index in [1.165, 1.54) is 4.90 Å². The van der Waals surface area contributed by atoms with Crippen molar-refractivity contribution in [2.45, 2.75) is 46.6 Å². The van der Waals surface area contributed by atoms with Crippen LogP contribution < -0.4 is 10.6 Å². The van der Waals surface area contributed by atoms with Gasteiger partial charge in [-0.2, -0.15) is 5.10 Å². The fourth-order valence-corrected chi connectivity index (χ4v) is 3.76. The number of nitrogens with zero attached hydrogens (tertiary/aromatic N) is 3. The van der Waals surface area contributed by atoms with E-state index in [0.717, 1.165) is 28.1 Å². The summed E-state index contributed by atoms with van der Waals surface area (Å²) in [5.41, 5.74) is 4.73. The summed E-state index contributed by atoms with van der Waals surface area (Å²) in [7, 11) is 1.57. The highest BCUT2D eigenvalue weighted by molar-refractivity contribution is 5.94. The van der Waals surface area contributed by atoms with Crippen molar-refractivity contribution in [1.82, 2.24) is 20.0 Å². The van der Waals surface area contributed by atoms with Crippen LogP contribution in [0.5, 0.6) is 0 Å². The number of aryl methyl sites for hydroxylation is 2. The summed E-state index contributed by atoms with van der Waals surface area (Å²) >= 11 is 0. The number of methoxy groups -OCH3 is 1. The molecule has 3 amide bonds. The molecule has 0 saturated carbocycles. The van der Waals surface area contributed by atoms with Gasteiger partial charge in [-0.3, -0.25) is 4.79 Å². The third kappa shape index (κ3) is 7.18. The summed E-state index contributed by atoms with van der Waals surface area (Å²) < 4.78 is 6.92. The Kier molecular flexibility index (Phi) is 8.88. The molecule has 0 aliphatic carbocycles. The summed E-state index contributed by atoms with van der Waals surface area (Å²) in [5.74, 6) is 0.251.